The minimum atomic E-state index is -0.601. The zero-order chi connectivity index (χ0) is 21.8. The number of aromatic nitrogens is 2. The van der Waals surface area contributed by atoms with Gasteiger partial charge in [0.25, 0.3) is 0 Å². The molecule has 10 heteroatoms. The van der Waals surface area contributed by atoms with Gasteiger partial charge in [-0.05, 0) is 61.4 Å². The van der Waals surface area contributed by atoms with Crippen molar-refractivity contribution in [2.75, 3.05) is 24.3 Å². The summed E-state index contributed by atoms with van der Waals surface area (Å²) in [5, 5.41) is 14.5. The Morgan fingerprint density at radius 1 is 1.10 bits per heavy atom. The molecule has 1 atom stereocenters. The highest BCUT2D eigenvalue weighted by molar-refractivity contribution is 7.18. The van der Waals surface area contributed by atoms with Crippen molar-refractivity contribution in [3.63, 3.8) is 0 Å². The summed E-state index contributed by atoms with van der Waals surface area (Å²) in [6.45, 7) is 0.483. The molecule has 0 bridgehead atoms. The number of halogens is 1. The van der Waals surface area contributed by atoms with Crippen molar-refractivity contribution < 1.29 is 18.7 Å². The van der Waals surface area contributed by atoms with Crippen molar-refractivity contribution in [3.05, 3.63) is 54.3 Å². The van der Waals surface area contributed by atoms with Crippen molar-refractivity contribution >= 4 is 34.1 Å². The van der Waals surface area contributed by atoms with Crippen molar-refractivity contribution in [2.24, 2.45) is 0 Å². The first-order valence-corrected chi connectivity index (χ1v) is 10.5. The Morgan fingerprint density at radius 3 is 2.55 bits per heavy atom. The first-order chi connectivity index (χ1) is 15.0. The molecule has 0 saturated carbocycles. The molecule has 0 aliphatic carbocycles. The number of carbonyl (C=O) groups excluding carboxylic acids is 2. The van der Waals surface area contributed by atoms with Crippen molar-refractivity contribution in [1.82, 2.24) is 15.1 Å². The molecule has 1 aromatic heterocycles. The summed E-state index contributed by atoms with van der Waals surface area (Å²) in [5.41, 5.74) is 1.32. The lowest BCUT2D eigenvalue weighted by molar-refractivity contribution is -0.119. The van der Waals surface area contributed by atoms with Gasteiger partial charge < -0.3 is 15.0 Å². The van der Waals surface area contributed by atoms with Crippen LogP contribution in [-0.2, 0) is 4.79 Å². The number of likely N-dealkylation sites (tertiary alicyclic amines) is 1. The molecule has 1 aliphatic rings. The fourth-order valence-electron chi connectivity index (χ4n) is 3.32. The van der Waals surface area contributed by atoms with E-state index in [1.807, 2.05) is 0 Å². The van der Waals surface area contributed by atoms with Crippen LogP contribution in [0.15, 0.2) is 48.5 Å². The number of nitrogens with zero attached hydrogens (tertiary/aromatic N) is 3. The van der Waals surface area contributed by atoms with Crippen molar-refractivity contribution in [2.45, 2.75) is 18.9 Å². The van der Waals surface area contributed by atoms with Crippen LogP contribution in [0, 0.1) is 5.82 Å². The van der Waals surface area contributed by atoms with Gasteiger partial charge in [0.05, 0.1) is 7.11 Å². The van der Waals surface area contributed by atoms with E-state index < -0.39 is 6.04 Å². The zero-order valence-electron chi connectivity index (χ0n) is 16.7. The predicted octanol–water partition coefficient (Wildman–Crippen LogP) is 3.99. The molecule has 31 heavy (non-hydrogen) atoms. The summed E-state index contributed by atoms with van der Waals surface area (Å²) in [4.78, 5) is 27.0. The Balaban J connectivity index is 1.39. The van der Waals surface area contributed by atoms with E-state index in [1.165, 1.54) is 28.4 Å². The van der Waals surface area contributed by atoms with Crippen LogP contribution in [0.1, 0.15) is 12.8 Å². The van der Waals surface area contributed by atoms with Crippen LogP contribution in [0.25, 0.3) is 10.6 Å². The summed E-state index contributed by atoms with van der Waals surface area (Å²) >= 11 is 1.19. The fraction of sp³-hybridized carbons (Fsp3) is 0.238. The lowest BCUT2D eigenvalue weighted by atomic mass is 10.2. The number of carbonyl (C=O) groups is 2. The molecule has 1 unspecified atom stereocenters. The number of hydrogen-bond donors (Lipinski definition) is 2. The summed E-state index contributed by atoms with van der Waals surface area (Å²) in [5.74, 6) is 0.0358. The molecular formula is C21H20FN5O3S. The molecular weight excluding hydrogens is 421 g/mol. The van der Waals surface area contributed by atoms with Gasteiger partial charge in [-0.3, -0.25) is 10.1 Å². The number of anilines is 2. The maximum atomic E-state index is 13.1. The molecule has 2 heterocycles. The monoisotopic (exact) mass is 441 g/mol. The molecule has 0 radical (unpaired) electrons. The van der Waals surface area contributed by atoms with Gasteiger partial charge in [-0.15, -0.1) is 10.2 Å². The number of hydrogen-bond acceptors (Lipinski definition) is 6. The Kier molecular flexibility index (Phi) is 6.08. The molecule has 3 amide bonds. The fourth-order valence-corrected chi connectivity index (χ4v) is 4.08. The summed E-state index contributed by atoms with van der Waals surface area (Å²) in [6.07, 6.45) is 1.29. The number of methoxy groups -OCH3 is 1. The minimum absolute atomic E-state index is 0.316. The number of urea groups is 1. The smallest absolute Gasteiger partial charge is 0.322 e. The van der Waals surface area contributed by atoms with Gasteiger partial charge >= 0.3 is 6.03 Å². The highest BCUT2D eigenvalue weighted by Crippen LogP contribution is 2.27. The largest absolute Gasteiger partial charge is 0.497 e. The van der Waals surface area contributed by atoms with Crippen LogP contribution >= 0.6 is 11.3 Å². The van der Waals surface area contributed by atoms with Crippen molar-refractivity contribution in [3.8, 4) is 16.3 Å². The first-order valence-electron chi connectivity index (χ1n) is 9.65. The topological polar surface area (TPSA) is 96.5 Å². The van der Waals surface area contributed by atoms with E-state index in [-0.39, 0.29) is 17.8 Å². The van der Waals surface area contributed by atoms with Crippen LogP contribution < -0.4 is 15.4 Å². The molecule has 4 rings (SSSR count). The third kappa shape index (κ3) is 4.80. The number of benzene rings is 2. The third-order valence-corrected chi connectivity index (χ3v) is 5.79. The molecule has 2 N–H and O–H groups in total. The molecule has 2 aromatic carbocycles. The highest BCUT2D eigenvalue weighted by Gasteiger charge is 2.34. The second-order valence-corrected chi connectivity index (χ2v) is 7.90. The quantitative estimate of drug-likeness (QED) is 0.624. The third-order valence-electron chi connectivity index (χ3n) is 4.90. The molecule has 1 aliphatic heterocycles. The van der Waals surface area contributed by atoms with Crippen LogP contribution in [0.4, 0.5) is 20.0 Å². The van der Waals surface area contributed by atoms with Gasteiger partial charge in [-0.1, -0.05) is 11.3 Å². The standard InChI is InChI=1S/C21H20FN5O3S/c1-30-16-10-8-15(9-11-16)23-21(29)27-12-2-3-17(27)18(28)24-20-26-25-19(31-20)13-4-6-14(22)7-5-13/h4-11,17H,2-3,12H2,1H3,(H,23,29)(H,24,26,28). The Labute approximate surface area is 182 Å². The van der Waals surface area contributed by atoms with Gasteiger partial charge in [-0.25, -0.2) is 9.18 Å². The molecule has 1 saturated heterocycles. The van der Waals surface area contributed by atoms with E-state index >= 15 is 0 Å². The van der Waals surface area contributed by atoms with Gasteiger partial charge in [0, 0.05) is 17.8 Å². The van der Waals surface area contributed by atoms with Crippen LogP contribution in [-0.4, -0.2) is 46.7 Å². The maximum Gasteiger partial charge on any atom is 0.322 e. The van der Waals surface area contributed by atoms with E-state index in [0.717, 1.165) is 6.42 Å². The molecule has 0 spiro atoms. The van der Waals surface area contributed by atoms with Gasteiger partial charge in [0.15, 0.2) is 0 Å². The lowest BCUT2D eigenvalue weighted by Gasteiger charge is -2.23. The summed E-state index contributed by atoms with van der Waals surface area (Å²) < 4.78 is 18.2. The van der Waals surface area contributed by atoms with E-state index in [1.54, 1.807) is 43.5 Å². The van der Waals surface area contributed by atoms with Crippen LogP contribution in [0.5, 0.6) is 5.75 Å². The predicted molar refractivity (Wildman–Crippen MR) is 116 cm³/mol. The first kappa shape index (κ1) is 20.7. The van der Waals surface area contributed by atoms with Gasteiger partial charge in [0.2, 0.25) is 11.0 Å². The average Bonchev–Trinajstić information content (AvgIpc) is 3.45. The van der Waals surface area contributed by atoms with Gasteiger partial charge in [-0.2, -0.15) is 0 Å². The summed E-state index contributed by atoms with van der Waals surface area (Å²) in [6, 6.07) is 11.9. The Hall–Kier alpha value is -3.53. The number of rotatable bonds is 5. The lowest BCUT2D eigenvalue weighted by Crippen LogP contribution is -2.45. The van der Waals surface area contributed by atoms with E-state index in [4.69, 9.17) is 4.74 Å². The van der Waals surface area contributed by atoms with Crippen LogP contribution in [0.3, 0.4) is 0 Å². The molecule has 1 fully saturated rings. The van der Waals surface area contributed by atoms with Gasteiger partial charge in [0.1, 0.15) is 22.6 Å². The maximum absolute atomic E-state index is 13.1. The minimum Gasteiger partial charge on any atom is -0.497 e. The van der Waals surface area contributed by atoms with E-state index in [2.05, 4.69) is 20.8 Å². The molecule has 3 aromatic rings. The van der Waals surface area contributed by atoms with E-state index in [0.29, 0.717) is 40.1 Å². The highest BCUT2D eigenvalue weighted by atomic mass is 32.1. The Morgan fingerprint density at radius 2 is 1.84 bits per heavy atom. The molecule has 8 nitrogen and oxygen atoms in total. The number of nitrogens with one attached hydrogen (secondary N) is 2. The SMILES string of the molecule is COc1ccc(NC(=O)N2CCCC2C(=O)Nc2nnc(-c3ccc(F)cc3)s2)cc1. The van der Waals surface area contributed by atoms with Crippen molar-refractivity contribution in [1.29, 1.82) is 0 Å². The summed E-state index contributed by atoms with van der Waals surface area (Å²) in [7, 11) is 1.57. The second kappa shape index (κ2) is 9.09. The average molecular weight is 441 g/mol. The number of ether oxygens (including phenoxy) is 1. The normalized spacial score (nSPS) is 15.5. The zero-order valence-corrected chi connectivity index (χ0v) is 17.5. The number of amides is 3. The van der Waals surface area contributed by atoms with Crippen LogP contribution in [0.2, 0.25) is 0 Å². The second-order valence-electron chi connectivity index (χ2n) is 6.92. The van der Waals surface area contributed by atoms with E-state index in [9.17, 15) is 14.0 Å². The molecule has 160 valence electrons. The Bertz CT molecular complexity index is 1070.